The Balaban J connectivity index is 1.85. The maximum absolute atomic E-state index is 13.5. The lowest BCUT2D eigenvalue weighted by Crippen LogP contribution is -2.27. The molecule has 0 atom stereocenters. The van der Waals surface area contributed by atoms with Crippen LogP contribution in [0.15, 0.2) is 42.7 Å². The minimum absolute atomic E-state index is 0.0323. The normalized spacial score (nSPS) is 10.6. The molecule has 0 bridgehead atoms. The smallest absolute Gasteiger partial charge is 0.274 e. The van der Waals surface area contributed by atoms with E-state index in [-0.39, 0.29) is 35.0 Å². The largest absolute Gasteiger partial charge is 0.504 e. The summed E-state index contributed by atoms with van der Waals surface area (Å²) in [4.78, 5) is 34.0. The fourth-order valence-electron chi connectivity index (χ4n) is 2.60. The van der Waals surface area contributed by atoms with Crippen molar-refractivity contribution < 1.29 is 19.1 Å². The molecule has 0 aliphatic heterocycles. The Hall–Kier alpha value is -3.55. The molecule has 2 amide bonds. The summed E-state index contributed by atoms with van der Waals surface area (Å²) in [6, 6.07) is 7.18. The number of carbonyl (C=O) groups excluding carboxylic acids is 2. The first kappa shape index (κ1) is 18.2. The monoisotopic (exact) mass is 368 g/mol. The first-order chi connectivity index (χ1) is 12.9. The summed E-state index contributed by atoms with van der Waals surface area (Å²) in [7, 11) is 3.11. The summed E-state index contributed by atoms with van der Waals surface area (Å²) in [6.45, 7) is -0.0323. The highest BCUT2D eigenvalue weighted by Crippen LogP contribution is 2.24. The van der Waals surface area contributed by atoms with E-state index < -0.39 is 11.7 Å². The first-order valence-electron chi connectivity index (χ1n) is 8.09. The Bertz CT molecular complexity index is 1040. The van der Waals surface area contributed by atoms with Crippen LogP contribution in [-0.2, 0) is 6.54 Å². The fourth-order valence-corrected chi connectivity index (χ4v) is 2.60. The molecule has 2 heterocycles. The van der Waals surface area contributed by atoms with Crippen molar-refractivity contribution >= 4 is 22.7 Å². The fraction of sp³-hybridized carbons (Fsp3) is 0.158. The van der Waals surface area contributed by atoms with Crippen LogP contribution in [0.3, 0.4) is 0 Å². The number of carbonyl (C=O) groups is 2. The summed E-state index contributed by atoms with van der Waals surface area (Å²) in [6.07, 6.45) is 2.94. The van der Waals surface area contributed by atoms with E-state index in [1.54, 1.807) is 26.2 Å². The van der Waals surface area contributed by atoms with Crippen LogP contribution < -0.4 is 5.32 Å². The summed E-state index contributed by atoms with van der Waals surface area (Å²) < 4.78 is 13.5. The van der Waals surface area contributed by atoms with Gasteiger partial charge in [0.2, 0.25) is 0 Å². The molecule has 0 fully saturated rings. The number of amides is 2. The van der Waals surface area contributed by atoms with Gasteiger partial charge in [0.25, 0.3) is 11.8 Å². The Kier molecular flexibility index (Phi) is 4.98. The van der Waals surface area contributed by atoms with Crippen LogP contribution in [0.5, 0.6) is 5.75 Å². The molecular formula is C19H17FN4O3. The molecule has 2 aromatic heterocycles. The van der Waals surface area contributed by atoms with Gasteiger partial charge in [0, 0.05) is 44.0 Å². The van der Waals surface area contributed by atoms with E-state index in [4.69, 9.17) is 0 Å². The second kappa shape index (κ2) is 7.36. The van der Waals surface area contributed by atoms with Crippen LogP contribution in [0.2, 0.25) is 0 Å². The number of aromatic hydroxyl groups is 1. The first-order valence-corrected chi connectivity index (χ1v) is 8.09. The number of halogens is 1. The van der Waals surface area contributed by atoms with Gasteiger partial charge < -0.3 is 15.3 Å². The molecule has 0 spiro atoms. The third-order valence-corrected chi connectivity index (χ3v) is 3.98. The van der Waals surface area contributed by atoms with Crippen LogP contribution in [-0.4, -0.2) is 45.9 Å². The van der Waals surface area contributed by atoms with Crippen molar-refractivity contribution in [2.24, 2.45) is 0 Å². The second-order valence-electron chi connectivity index (χ2n) is 6.08. The van der Waals surface area contributed by atoms with Crippen LogP contribution in [0, 0.1) is 5.82 Å². The van der Waals surface area contributed by atoms with Gasteiger partial charge in [-0.15, -0.1) is 0 Å². The van der Waals surface area contributed by atoms with Crippen LogP contribution in [0.1, 0.15) is 26.4 Å². The minimum Gasteiger partial charge on any atom is -0.504 e. The molecule has 3 aromatic rings. The molecule has 0 aliphatic rings. The van der Waals surface area contributed by atoms with Gasteiger partial charge >= 0.3 is 0 Å². The Morgan fingerprint density at radius 2 is 2.00 bits per heavy atom. The van der Waals surface area contributed by atoms with Crippen LogP contribution >= 0.6 is 0 Å². The number of nitrogens with zero attached hydrogens (tertiary/aromatic N) is 3. The molecule has 0 radical (unpaired) electrons. The molecular weight excluding hydrogens is 351 g/mol. The van der Waals surface area contributed by atoms with Crippen molar-refractivity contribution in [3.05, 3.63) is 65.4 Å². The molecule has 0 saturated carbocycles. The molecule has 0 saturated heterocycles. The Morgan fingerprint density at radius 1 is 1.22 bits per heavy atom. The lowest BCUT2D eigenvalue weighted by atomic mass is 10.1. The Morgan fingerprint density at radius 3 is 2.74 bits per heavy atom. The standard InChI is InChI=1S/C19H17FN4O3/c1-24(2)19(27)14-8-13(20)6-5-11(14)9-23-18(26)16-17(25)15-12(10-22-16)4-3-7-21-15/h3-8,10,25H,9H2,1-2H3,(H,23,26). The van der Waals surface area contributed by atoms with Gasteiger partial charge in [-0.3, -0.25) is 14.6 Å². The summed E-state index contributed by atoms with van der Waals surface area (Å²) in [5.41, 5.74) is 0.686. The third kappa shape index (κ3) is 3.69. The van der Waals surface area contributed by atoms with Gasteiger partial charge in [0.15, 0.2) is 11.4 Å². The zero-order valence-electron chi connectivity index (χ0n) is 14.7. The van der Waals surface area contributed by atoms with Crippen molar-refractivity contribution in [3.63, 3.8) is 0 Å². The molecule has 8 heteroatoms. The number of aromatic nitrogens is 2. The molecule has 138 valence electrons. The van der Waals surface area contributed by atoms with Gasteiger partial charge in [0.05, 0.1) is 0 Å². The second-order valence-corrected chi connectivity index (χ2v) is 6.08. The number of pyridine rings is 2. The number of hydrogen-bond donors (Lipinski definition) is 2. The lowest BCUT2D eigenvalue weighted by molar-refractivity contribution is 0.0823. The quantitative estimate of drug-likeness (QED) is 0.735. The average Bonchev–Trinajstić information content (AvgIpc) is 2.66. The molecule has 2 N–H and O–H groups in total. The predicted molar refractivity (Wildman–Crippen MR) is 96.8 cm³/mol. The van der Waals surface area contributed by atoms with Crippen molar-refractivity contribution in [3.8, 4) is 5.75 Å². The number of nitrogens with one attached hydrogen (secondary N) is 1. The number of benzene rings is 1. The molecule has 1 aromatic carbocycles. The predicted octanol–water partition coefficient (Wildman–Crippen LogP) is 2.11. The van der Waals surface area contributed by atoms with Crippen molar-refractivity contribution in [1.82, 2.24) is 20.2 Å². The van der Waals surface area contributed by atoms with Gasteiger partial charge in [-0.25, -0.2) is 9.37 Å². The zero-order chi connectivity index (χ0) is 19.6. The zero-order valence-corrected chi connectivity index (χ0v) is 14.7. The molecule has 7 nitrogen and oxygen atoms in total. The van der Waals surface area contributed by atoms with Crippen LogP contribution in [0.4, 0.5) is 4.39 Å². The SMILES string of the molecule is CN(C)C(=O)c1cc(F)ccc1CNC(=O)c1ncc2cccnc2c1O. The highest BCUT2D eigenvalue weighted by molar-refractivity contribution is 6.00. The third-order valence-electron chi connectivity index (χ3n) is 3.98. The summed E-state index contributed by atoms with van der Waals surface area (Å²) in [5.74, 6) is -1.88. The number of rotatable bonds is 4. The number of hydrogen-bond acceptors (Lipinski definition) is 5. The van der Waals surface area contributed by atoms with Gasteiger partial charge in [0.1, 0.15) is 11.3 Å². The maximum atomic E-state index is 13.5. The highest BCUT2D eigenvalue weighted by atomic mass is 19.1. The van der Waals surface area contributed by atoms with Gasteiger partial charge in [-0.1, -0.05) is 6.07 Å². The van der Waals surface area contributed by atoms with Crippen molar-refractivity contribution in [2.75, 3.05) is 14.1 Å². The highest BCUT2D eigenvalue weighted by Gasteiger charge is 2.19. The van der Waals surface area contributed by atoms with E-state index in [2.05, 4.69) is 15.3 Å². The minimum atomic E-state index is -0.632. The van der Waals surface area contributed by atoms with E-state index in [0.29, 0.717) is 10.9 Å². The molecule has 0 aliphatic carbocycles. The maximum Gasteiger partial charge on any atom is 0.274 e. The van der Waals surface area contributed by atoms with Gasteiger partial charge in [-0.2, -0.15) is 0 Å². The van der Waals surface area contributed by atoms with Gasteiger partial charge in [-0.05, 0) is 29.8 Å². The lowest BCUT2D eigenvalue weighted by Gasteiger charge is -2.15. The van der Waals surface area contributed by atoms with Crippen molar-refractivity contribution in [2.45, 2.75) is 6.54 Å². The summed E-state index contributed by atoms with van der Waals surface area (Å²) in [5, 5.41) is 13.5. The summed E-state index contributed by atoms with van der Waals surface area (Å²) >= 11 is 0. The van der Waals surface area contributed by atoms with E-state index in [0.717, 1.165) is 6.07 Å². The van der Waals surface area contributed by atoms with E-state index >= 15 is 0 Å². The van der Waals surface area contributed by atoms with Crippen molar-refractivity contribution in [1.29, 1.82) is 0 Å². The molecule has 27 heavy (non-hydrogen) atoms. The van der Waals surface area contributed by atoms with Crippen LogP contribution in [0.25, 0.3) is 10.9 Å². The van der Waals surface area contributed by atoms with E-state index in [1.807, 2.05) is 0 Å². The Labute approximate surface area is 154 Å². The topological polar surface area (TPSA) is 95.4 Å². The molecule has 0 unspecified atom stereocenters. The van der Waals surface area contributed by atoms with E-state index in [9.17, 15) is 19.1 Å². The number of fused-ring (bicyclic) bond motifs is 1. The van der Waals surface area contributed by atoms with E-state index in [1.165, 1.54) is 29.4 Å². The molecule has 3 rings (SSSR count). The average molecular weight is 368 g/mol.